The van der Waals surface area contributed by atoms with Crippen molar-refractivity contribution in [2.45, 2.75) is 0 Å². The molecule has 0 bridgehead atoms. The highest BCUT2D eigenvalue weighted by molar-refractivity contribution is 6.21. The Hall–Kier alpha value is -7.16. The topological polar surface area (TPSA) is 8.17 Å². The van der Waals surface area contributed by atoms with E-state index in [4.69, 9.17) is 0 Å². The van der Waals surface area contributed by atoms with Crippen LogP contribution in [0.5, 0.6) is 0 Å². The Morgan fingerprint density at radius 2 is 0.944 bits per heavy atom. The fraction of sp³-hybridized carbons (Fsp3) is 0. The van der Waals surface area contributed by atoms with Gasteiger partial charge in [-0.05, 0) is 99.3 Å². The zero-order chi connectivity index (χ0) is 35.8. The summed E-state index contributed by atoms with van der Waals surface area (Å²) >= 11 is 0. The number of fused-ring (bicyclic) bond motifs is 5. The van der Waals surface area contributed by atoms with Crippen LogP contribution in [-0.4, -0.2) is 4.57 Å². The fourth-order valence-electron chi connectivity index (χ4n) is 8.05. The van der Waals surface area contributed by atoms with Crippen molar-refractivity contribution in [2.75, 3.05) is 4.90 Å². The van der Waals surface area contributed by atoms with Gasteiger partial charge >= 0.3 is 0 Å². The van der Waals surface area contributed by atoms with Crippen molar-refractivity contribution in [2.24, 2.45) is 0 Å². The van der Waals surface area contributed by atoms with Gasteiger partial charge in [-0.15, -0.1) is 0 Å². The first-order valence-corrected chi connectivity index (χ1v) is 18.5. The van der Waals surface area contributed by atoms with Gasteiger partial charge in [0.25, 0.3) is 0 Å². The van der Waals surface area contributed by atoms with Crippen LogP contribution in [0.4, 0.5) is 17.1 Å². The van der Waals surface area contributed by atoms with Gasteiger partial charge in [-0.2, -0.15) is 0 Å². The van der Waals surface area contributed by atoms with Crippen LogP contribution in [-0.2, 0) is 0 Å². The largest absolute Gasteiger partial charge is 0.310 e. The molecular formula is C52H36N2. The molecule has 2 heteroatoms. The van der Waals surface area contributed by atoms with Gasteiger partial charge in [0.15, 0.2) is 0 Å². The molecule has 0 fully saturated rings. The first kappa shape index (κ1) is 31.6. The number of rotatable bonds is 7. The zero-order valence-corrected chi connectivity index (χ0v) is 29.7. The molecule has 0 unspecified atom stereocenters. The van der Waals surface area contributed by atoms with E-state index < -0.39 is 0 Å². The van der Waals surface area contributed by atoms with E-state index in [1.807, 2.05) is 0 Å². The highest BCUT2D eigenvalue weighted by Crippen LogP contribution is 2.43. The summed E-state index contributed by atoms with van der Waals surface area (Å²) in [7, 11) is 0. The lowest BCUT2D eigenvalue weighted by atomic mass is 9.97. The second-order valence-corrected chi connectivity index (χ2v) is 13.8. The van der Waals surface area contributed by atoms with E-state index in [9.17, 15) is 0 Å². The van der Waals surface area contributed by atoms with Crippen molar-refractivity contribution in [3.8, 4) is 39.1 Å². The summed E-state index contributed by atoms with van der Waals surface area (Å²) in [4.78, 5) is 2.39. The van der Waals surface area contributed by atoms with Gasteiger partial charge in [-0.1, -0.05) is 158 Å². The van der Waals surface area contributed by atoms with Crippen molar-refractivity contribution in [1.82, 2.24) is 4.57 Å². The minimum atomic E-state index is 1.10. The first-order chi connectivity index (χ1) is 26.8. The van der Waals surface area contributed by atoms with Crippen LogP contribution < -0.4 is 4.90 Å². The van der Waals surface area contributed by atoms with E-state index >= 15 is 0 Å². The lowest BCUT2D eigenvalue weighted by Gasteiger charge is -2.28. The maximum absolute atomic E-state index is 2.39. The van der Waals surface area contributed by atoms with Gasteiger partial charge in [-0.3, -0.25) is 0 Å². The second-order valence-electron chi connectivity index (χ2n) is 13.8. The lowest BCUT2D eigenvalue weighted by molar-refractivity contribution is 1.18. The van der Waals surface area contributed by atoms with Crippen molar-refractivity contribution >= 4 is 49.6 Å². The van der Waals surface area contributed by atoms with Gasteiger partial charge in [0, 0.05) is 33.4 Å². The van der Waals surface area contributed by atoms with Crippen molar-refractivity contribution in [3.63, 3.8) is 0 Å². The summed E-state index contributed by atoms with van der Waals surface area (Å²) in [6, 6.07) is 78.8. The van der Waals surface area contributed by atoms with Gasteiger partial charge < -0.3 is 9.47 Å². The van der Waals surface area contributed by atoms with E-state index in [2.05, 4.69) is 228 Å². The first-order valence-electron chi connectivity index (χ1n) is 18.5. The number of aromatic nitrogens is 1. The van der Waals surface area contributed by atoms with Gasteiger partial charge in [-0.25, -0.2) is 0 Å². The summed E-state index contributed by atoms with van der Waals surface area (Å²) in [5.41, 5.74) is 14.1. The smallest absolute Gasteiger partial charge is 0.0547 e. The number of anilines is 3. The monoisotopic (exact) mass is 688 g/mol. The summed E-state index contributed by atoms with van der Waals surface area (Å²) in [5, 5.41) is 5.04. The van der Waals surface area contributed by atoms with E-state index in [0.717, 1.165) is 17.1 Å². The number of para-hydroxylation sites is 3. The molecule has 0 aliphatic rings. The molecule has 1 heterocycles. The minimum Gasteiger partial charge on any atom is -0.310 e. The molecule has 0 radical (unpaired) electrons. The highest BCUT2D eigenvalue weighted by atomic mass is 15.1. The van der Waals surface area contributed by atoms with Crippen molar-refractivity contribution in [3.05, 3.63) is 218 Å². The standard InChI is InChI=1S/C52H36N2/c1-4-15-37(16-5-1)38-27-31-44(32-28-38)53(49-25-12-10-23-46(49)39-17-6-2-7-18-39)45-22-14-19-40(36-45)41-29-33-47-42(35-41)30-34-51-52(47)48-24-11-13-26-50(48)54(51)43-20-8-3-9-21-43/h1-36H. The van der Waals surface area contributed by atoms with Crippen molar-refractivity contribution < 1.29 is 0 Å². The third-order valence-corrected chi connectivity index (χ3v) is 10.6. The number of hydrogen-bond acceptors (Lipinski definition) is 1. The van der Waals surface area contributed by atoms with Gasteiger partial charge in [0.05, 0.1) is 16.7 Å². The molecule has 0 saturated heterocycles. The Bertz CT molecular complexity index is 2910. The molecule has 0 N–H and O–H groups in total. The molecule has 1 aromatic heterocycles. The fourth-order valence-corrected chi connectivity index (χ4v) is 8.05. The van der Waals surface area contributed by atoms with E-state index in [1.165, 1.54) is 71.6 Å². The van der Waals surface area contributed by atoms with Crippen LogP contribution in [0.25, 0.3) is 71.6 Å². The molecule has 2 nitrogen and oxygen atoms in total. The molecule has 10 rings (SSSR count). The SMILES string of the molecule is c1ccc(-c2ccc(N(c3cccc(-c4ccc5c(ccc6c5c5ccccc5n6-c5ccccc5)c4)c3)c3ccccc3-c3ccccc3)cc2)cc1. The van der Waals surface area contributed by atoms with E-state index in [-0.39, 0.29) is 0 Å². The average Bonchev–Trinajstić information content (AvgIpc) is 3.60. The molecule has 10 aromatic rings. The molecule has 0 aliphatic heterocycles. The Balaban J connectivity index is 1.11. The lowest BCUT2D eigenvalue weighted by Crippen LogP contribution is -2.11. The van der Waals surface area contributed by atoms with Crippen LogP contribution in [0.2, 0.25) is 0 Å². The molecule has 9 aromatic carbocycles. The summed E-state index contributed by atoms with van der Waals surface area (Å²) in [5.74, 6) is 0. The molecular weight excluding hydrogens is 653 g/mol. The summed E-state index contributed by atoms with van der Waals surface area (Å²) in [6.07, 6.45) is 0. The van der Waals surface area contributed by atoms with Crippen LogP contribution >= 0.6 is 0 Å². The quantitative estimate of drug-likeness (QED) is 0.162. The maximum atomic E-state index is 2.39. The predicted octanol–water partition coefficient (Wildman–Crippen LogP) is 14.4. The molecule has 0 spiro atoms. The highest BCUT2D eigenvalue weighted by Gasteiger charge is 2.19. The van der Waals surface area contributed by atoms with Crippen LogP contribution in [0, 0.1) is 0 Å². The van der Waals surface area contributed by atoms with E-state index in [0.29, 0.717) is 0 Å². The third-order valence-electron chi connectivity index (χ3n) is 10.6. The third kappa shape index (κ3) is 5.53. The van der Waals surface area contributed by atoms with E-state index in [1.54, 1.807) is 0 Å². The molecule has 254 valence electrons. The van der Waals surface area contributed by atoms with Crippen LogP contribution in [0.1, 0.15) is 0 Å². The molecule has 0 amide bonds. The Morgan fingerprint density at radius 3 is 1.74 bits per heavy atom. The van der Waals surface area contributed by atoms with Gasteiger partial charge in [0.2, 0.25) is 0 Å². The summed E-state index contributed by atoms with van der Waals surface area (Å²) < 4.78 is 2.38. The molecule has 54 heavy (non-hydrogen) atoms. The average molecular weight is 689 g/mol. The molecule has 0 aliphatic carbocycles. The van der Waals surface area contributed by atoms with Crippen LogP contribution in [0.15, 0.2) is 218 Å². The predicted molar refractivity (Wildman–Crippen MR) is 229 cm³/mol. The Morgan fingerprint density at radius 1 is 0.333 bits per heavy atom. The van der Waals surface area contributed by atoms with Gasteiger partial charge in [0.1, 0.15) is 0 Å². The number of benzene rings is 9. The van der Waals surface area contributed by atoms with Crippen LogP contribution in [0.3, 0.4) is 0 Å². The normalized spacial score (nSPS) is 11.3. The zero-order valence-electron chi connectivity index (χ0n) is 29.7. The minimum absolute atomic E-state index is 1.10. The number of nitrogens with zero attached hydrogens (tertiary/aromatic N) is 2. The number of hydrogen-bond donors (Lipinski definition) is 0. The summed E-state index contributed by atoms with van der Waals surface area (Å²) in [6.45, 7) is 0. The molecule has 0 atom stereocenters. The molecule has 0 saturated carbocycles. The Labute approximate surface area is 315 Å². The maximum Gasteiger partial charge on any atom is 0.0547 e. The van der Waals surface area contributed by atoms with Crippen molar-refractivity contribution in [1.29, 1.82) is 0 Å². The second kappa shape index (κ2) is 13.4. The Kier molecular flexibility index (Phi) is 7.85.